The molecule has 3 amide bonds. The quantitative estimate of drug-likeness (QED) is 0.195. The van der Waals surface area contributed by atoms with Gasteiger partial charge in [0.05, 0.1) is 55.1 Å². The van der Waals surface area contributed by atoms with Crippen LogP contribution in [0.2, 0.25) is 0 Å². The van der Waals surface area contributed by atoms with E-state index in [0.717, 1.165) is 15.4 Å². The van der Waals surface area contributed by atoms with Crippen LogP contribution in [0.1, 0.15) is 81.1 Å². The van der Waals surface area contributed by atoms with Gasteiger partial charge in [-0.05, 0) is 77.3 Å². The highest BCUT2D eigenvalue weighted by Gasteiger charge is 2.39. The molecule has 0 radical (unpaired) electrons. The van der Waals surface area contributed by atoms with Crippen LogP contribution < -0.4 is 5.32 Å². The van der Waals surface area contributed by atoms with Crippen LogP contribution in [0.25, 0.3) is 16.9 Å². The maximum Gasteiger partial charge on any atom is 0.417 e. The fraction of sp³-hybridized carbons (Fsp3) is 0.432. The summed E-state index contributed by atoms with van der Waals surface area (Å²) < 4.78 is 59.7. The Morgan fingerprint density at radius 2 is 1.83 bits per heavy atom. The second kappa shape index (κ2) is 14.1. The number of ether oxygens (including phenoxy) is 3. The second-order valence-corrected chi connectivity index (χ2v) is 14.8. The number of nitrogens with one attached hydrogen (secondary N) is 1. The minimum absolute atomic E-state index is 0.0740. The van der Waals surface area contributed by atoms with Gasteiger partial charge in [-0.2, -0.15) is 0 Å². The highest BCUT2D eigenvalue weighted by molar-refractivity contribution is 6.11. The van der Waals surface area contributed by atoms with Crippen LogP contribution in [0, 0.1) is 5.82 Å². The number of alkyl halides is 2. The predicted octanol–water partition coefficient (Wildman–Crippen LogP) is 7.68. The van der Waals surface area contributed by atoms with E-state index in [1.807, 2.05) is 0 Å². The topological polar surface area (TPSA) is 128 Å². The standard InChI is InChI=1S/C37H41F3N6O6/c1-36(2,3)51-34(48)44(19-29(39)40)18-27-23(21-12-14-50-20-21)8-10-30(43-27)42-26-9-7-24(28-16-41-31-15-22(38)11-13-45(28)31)25-17-46(33(47)32(25)26)35(49)52-37(4,5)6/h7-11,13,15-16,21,29H,12,14,17-20H2,1-6H3,(H,42,43)/t21-/m0/s1. The third-order valence-electron chi connectivity index (χ3n) is 8.45. The molecule has 1 aromatic carbocycles. The first-order valence-electron chi connectivity index (χ1n) is 16.9. The third-order valence-corrected chi connectivity index (χ3v) is 8.45. The SMILES string of the molecule is CC(C)(C)OC(=O)N(Cc1nc(Nc2ccc(-c3cnc4cc(F)ccn34)c3c2C(=O)N(C(=O)OC(C)(C)C)C3)ccc1[C@H]1CCOC1)CC(F)F. The number of carbonyl (C=O) groups is 3. The Labute approximate surface area is 298 Å². The van der Waals surface area contributed by atoms with Crippen LogP contribution in [-0.4, -0.2) is 79.6 Å². The summed E-state index contributed by atoms with van der Waals surface area (Å²) in [6, 6.07) is 9.51. The van der Waals surface area contributed by atoms with Crippen molar-refractivity contribution < 1.29 is 41.8 Å². The smallest absolute Gasteiger partial charge is 0.417 e. The molecule has 1 N–H and O–H groups in total. The van der Waals surface area contributed by atoms with Gasteiger partial charge in [0.1, 0.15) is 28.5 Å². The molecule has 52 heavy (non-hydrogen) atoms. The number of pyridine rings is 2. The average molecular weight is 723 g/mol. The Morgan fingerprint density at radius 1 is 1.08 bits per heavy atom. The summed E-state index contributed by atoms with van der Waals surface area (Å²) in [5, 5.41) is 3.20. The highest BCUT2D eigenvalue weighted by Crippen LogP contribution is 2.39. The van der Waals surface area contributed by atoms with E-state index in [4.69, 9.17) is 19.2 Å². The number of halogens is 3. The Bertz CT molecular complexity index is 2020. The molecule has 2 aliphatic rings. The molecule has 0 saturated carbocycles. The number of aromatic nitrogens is 3. The molecule has 6 rings (SSSR count). The lowest BCUT2D eigenvalue weighted by Gasteiger charge is -2.28. The van der Waals surface area contributed by atoms with E-state index in [1.54, 1.807) is 76.4 Å². The summed E-state index contributed by atoms with van der Waals surface area (Å²) in [6.45, 7) is 9.74. The number of hydrogen-bond donors (Lipinski definition) is 1. The highest BCUT2D eigenvalue weighted by atomic mass is 19.3. The third kappa shape index (κ3) is 7.98. The minimum Gasteiger partial charge on any atom is -0.444 e. The van der Waals surface area contributed by atoms with E-state index < -0.39 is 48.1 Å². The molecule has 1 saturated heterocycles. The van der Waals surface area contributed by atoms with E-state index in [1.165, 1.54) is 18.3 Å². The van der Waals surface area contributed by atoms with Crippen LogP contribution in [0.15, 0.2) is 48.8 Å². The monoisotopic (exact) mass is 722 g/mol. The van der Waals surface area contributed by atoms with Crippen molar-refractivity contribution in [2.24, 2.45) is 0 Å². The zero-order chi connectivity index (χ0) is 37.5. The van der Waals surface area contributed by atoms with Crippen molar-refractivity contribution in [2.45, 2.75) is 84.6 Å². The Morgan fingerprint density at radius 3 is 2.50 bits per heavy atom. The first-order valence-corrected chi connectivity index (χ1v) is 16.9. The molecule has 276 valence electrons. The number of imidazole rings is 1. The number of hydrogen-bond acceptors (Lipinski definition) is 9. The van der Waals surface area contributed by atoms with Crippen molar-refractivity contribution in [1.29, 1.82) is 0 Å². The summed E-state index contributed by atoms with van der Waals surface area (Å²) in [5.41, 5.74) is 1.84. The predicted molar refractivity (Wildman–Crippen MR) is 185 cm³/mol. The molecular weight excluding hydrogens is 681 g/mol. The molecule has 0 spiro atoms. The van der Waals surface area contributed by atoms with Crippen molar-refractivity contribution >= 4 is 35.2 Å². The number of nitrogens with zero attached hydrogens (tertiary/aromatic N) is 5. The minimum atomic E-state index is -2.82. The van der Waals surface area contributed by atoms with Crippen molar-refractivity contribution in [2.75, 3.05) is 25.1 Å². The van der Waals surface area contributed by atoms with E-state index in [2.05, 4.69) is 10.3 Å². The number of imide groups is 1. The summed E-state index contributed by atoms with van der Waals surface area (Å²) in [6.07, 6.45) is -0.770. The van der Waals surface area contributed by atoms with E-state index in [-0.39, 0.29) is 30.4 Å². The summed E-state index contributed by atoms with van der Waals surface area (Å²) >= 11 is 0. The molecule has 0 bridgehead atoms. The van der Waals surface area contributed by atoms with E-state index >= 15 is 0 Å². The number of benzene rings is 1. The number of fused-ring (bicyclic) bond motifs is 2. The van der Waals surface area contributed by atoms with Crippen molar-refractivity contribution in [1.82, 2.24) is 24.2 Å². The van der Waals surface area contributed by atoms with Gasteiger partial charge in [0.15, 0.2) is 0 Å². The average Bonchev–Trinajstić information content (AvgIpc) is 3.79. The van der Waals surface area contributed by atoms with Crippen molar-refractivity contribution in [3.05, 3.63) is 77.0 Å². The fourth-order valence-corrected chi connectivity index (χ4v) is 6.26. The summed E-state index contributed by atoms with van der Waals surface area (Å²) in [7, 11) is 0. The van der Waals surface area contributed by atoms with Crippen LogP contribution in [-0.2, 0) is 27.3 Å². The maximum atomic E-state index is 14.0. The van der Waals surface area contributed by atoms with Gasteiger partial charge in [-0.25, -0.2) is 37.6 Å². The normalized spacial score (nSPS) is 16.1. The number of amides is 3. The number of rotatable bonds is 8. The van der Waals surface area contributed by atoms with Gasteiger partial charge in [-0.1, -0.05) is 12.1 Å². The molecule has 1 atom stereocenters. The van der Waals surface area contributed by atoms with E-state index in [9.17, 15) is 27.6 Å². The lowest BCUT2D eigenvalue weighted by molar-refractivity contribution is 0.00777. The molecule has 12 nitrogen and oxygen atoms in total. The molecule has 4 aromatic rings. The van der Waals surface area contributed by atoms with Gasteiger partial charge in [0.25, 0.3) is 12.3 Å². The van der Waals surface area contributed by atoms with Gasteiger partial charge in [0, 0.05) is 30.4 Å². The van der Waals surface area contributed by atoms with Gasteiger partial charge in [0.2, 0.25) is 0 Å². The van der Waals surface area contributed by atoms with Gasteiger partial charge in [-0.15, -0.1) is 0 Å². The molecule has 2 aliphatic heterocycles. The summed E-state index contributed by atoms with van der Waals surface area (Å²) in [5.74, 6) is -0.874. The zero-order valence-corrected chi connectivity index (χ0v) is 29.8. The molecule has 15 heteroatoms. The molecule has 0 aliphatic carbocycles. The second-order valence-electron chi connectivity index (χ2n) is 14.8. The van der Waals surface area contributed by atoms with Crippen LogP contribution in [0.4, 0.5) is 34.3 Å². The van der Waals surface area contributed by atoms with Gasteiger partial charge >= 0.3 is 12.2 Å². The Kier molecular flexibility index (Phi) is 9.92. The van der Waals surface area contributed by atoms with E-state index in [0.29, 0.717) is 53.5 Å². The summed E-state index contributed by atoms with van der Waals surface area (Å²) in [4.78, 5) is 51.4. The molecule has 3 aromatic heterocycles. The van der Waals surface area contributed by atoms with Crippen LogP contribution in [0.5, 0.6) is 0 Å². The molecular formula is C37H41F3N6O6. The molecule has 1 fully saturated rings. The first-order chi connectivity index (χ1) is 24.5. The van der Waals surface area contributed by atoms with Crippen LogP contribution in [0.3, 0.4) is 0 Å². The van der Waals surface area contributed by atoms with Crippen molar-refractivity contribution in [3.8, 4) is 11.3 Å². The molecule has 5 heterocycles. The number of anilines is 2. The van der Waals surface area contributed by atoms with Gasteiger partial charge in [-0.3, -0.25) is 14.1 Å². The number of carbonyl (C=O) groups excluding carboxylic acids is 3. The largest absolute Gasteiger partial charge is 0.444 e. The zero-order valence-electron chi connectivity index (χ0n) is 29.8. The van der Waals surface area contributed by atoms with Crippen molar-refractivity contribution in [3.63, 3.8) is 0 Å². The first kappa shape index (κ1) is 36.6. The van der Waals surface area contributed by atoms with Gasteiger partial charge < -0.3 is 19.5 Å². The fourth-order valence-electron chi connectivity index (χ4n) is 6.26. The lowest BCUT2D eigenvalue weighted by atomic mass is 9.96. The lowest BCUT2D eigenvalue weighted by Crippen LogP contribution is -2.39. The maximum absolute atomic E-state index is 14.0. The Balaban J connectivity index is 1.41. The Hall–Kier alpha value is -5.18. The molecule has 0 unspecified atom stereocenters. The van der Waals surface area contributed by atoms with Crippen LogP contribution >= 0.6 is 0 Å².